The molecule has 0 amide bonds. The van der Waals surface area contributed by atoms with Gasteiger partial charge in [-0.3, -0.25) is 0 Å². The molecule has 4 rings (SSSR count). The number of nitrogens with one attached hydrogen (secondary N) is 1. The maximum Gasteiger partial charge on any atom is 0.153 e. The van der Waals surface area contributed by atoms with Gasteiger partial charge in [-0.15, -0.1) is 0 Å². The van der Waals surface area contributed by atoms with Crippen molar-refractivity contribution in [3.63, 3.8) is 0 Å². The minimum atomic E-state index is -2.86. The molecule has 0 spiro atoms. The molecule has 144 valence electrons. The number of fused-ring (bicyclic) bond motifs is 1. The lowest BCUT2D eigenvalue weighted by molar-refractivity contribution is 0.416. The number of anilines is 2. The van der Waals surface area contributed by atoms with Crippen LogP contribution in [0.3, 0.4) is 0 Å². The van der Waals surface area contributed by atoms with Crippen molar-refractivity contribution in [2.45, 2.75) is 29.4 Å². The normalized spacial score (nSPS) is 30.7. The second-order valence-electron chi connectivity index (χ2n) is 7.10. The average molecular weight is 415 g/mol. The molecule has 1 N–H and O–H groups in total. The van der Waals surface area contributed by atoms with E-state index in [0.717, 1.165) is 22.4 Å². The Bertz CT molecular complexity index is 742. The molecule has 2 saturated heterocycles. The Hall–Kier alpha value is -0.730. The van der Waals surface area contributed by atoms with Crippen LogP contribution >= 0.6 is 23.5 Å². The van der Waals surface area contributed by atoms with Crippen LogP contribution in [0.4, 0.5) is 11.4 Å². The van der Waals surface area contributed by atoms with Gasteiger partial charge in [0, 0.05) is 52.9 Å². The highest BCUT2D eigenvalue weighted by molar-refractivity contribution is 8.07. The summed E-state index contributed by atoms with van der Waals surface area (Å²) in [5.41, 5.74) is 2.08. The second-order valence-corrected chi connectivity index (χ2v) is 12.0. The predicted molar refractivity (Wildman–Crippen MR) is 113 cm³/mol. The zero-order valence-corrected chi connectivity index (χ0v) is 17.5. The number of thioether (sulfide) groups is 2. The molecule has 8 heteroatoms. The molecule has 2 heterocycles. The lowest BCUT2D eigenvalue weighted by atomic mass is 10.2. The summed E-state index contributed by atoms with van der Waals surface area (Å²) in [5, 5.41) is 5.20. The lowest BCUT2D eigenvalue weighted by Crippen LogP contribution is -2.40. The molecule has 2 aliphatic heterocycles. The van der Waals surface area contributed by atoms with E-state index in [9.17, 15) is 8.42 Å². The van der Waals surface area contributed by atoms with Gasteiger partial charge >= 0.3 is 0 Å². The van der Waals surface area contributed by atoms with E-state index in [0.29, 0.717) is 24.4 Å². The third-order valence-corrected chi connectivity index (χ3v) is 10.4. The summed E-state index contributed by atoms with van der Waals surface area (Å²) in [6.45, 7) is 1.11. The van der Waals surface area contributed by atoms with Gasteiger partial charge in [0.1, 0.15) is 5.75 Å². The van der Waals surface area contributed by atoms with Crippen LogP contribution in [0.1, 0.15) is 12.8 Å². The summed E-state index contributed by atoms with van der Waals surface area (Å²) in [6, 6.07) is 6.70. The molecule has 5 nitrogen and oxygen atoms in total. The van der Waals surface area contributed by atoms with Gasteiger partial charge in [-0.1, -0.05) is 0 Å². The Labute approximate surface area is 164 Å². The summed E-state index contributed by atoms with van der Waals surface area (Å²) in [5.74, 6) is 3.83. The van der Waals surface area contributed by atoms with E-state index in [-0.39, 0.29) is 11.5 Å². The van der Waals surface area contributed by atoms with Gasteiger partial charge in [-0.2, -0.15) is 23.5 Å². The first kappa shape index (κ1) is 18.6. The molecule has 1 aromatic rings. The lowest BCUT2D eigenvalue weighted by Gasteiger charge is -2.31. The summed E-state index contributed by atoms with van der Waals surface area (Å²) < 4.78 is 28.9. The molecule has 3 unspecified atom stereocenters. The zero-order chi connectivity index (χ0) is 18.1. The van der Waals surface area contributed by atoms with E-state index in [2.05, 4.69) is 45.9 Å². The fourth-order valence-corrected chi connectivity index (χ4v) is 8.52. The van der Waals surface area contributed by atoms with Crippen molar-refractivity contribution >= 4 is 44.7 Å². The summed E-state index contributed by atoms with van der Waals surface area (Å²) in [4.78, 5) is 2.13. The van der Waals surface area contributed by atoms with Crippen LogP contribution in [0.15, 0.2) is 18.2 Å². The Balaban J connectivity index is 1.47. The quantitative estimate of drug-likeness (QED) is 0.813. The second kappa shape index (κ2) is 7.72. The Kier molecular flexibility index (Phi) is 5.53. The topological polar surface area (TPSA) is 58.6 Å². The highest BCUT2D eigenvalue weighted by Gasteiger charge is 2.39. The fourth-order valence-electron chi connectivity index (χ4n) is 4.04. The minimum absolute atomic E-state index is 0.231. The maximum absolute atomic E-state index is 11.6. The van der Waals surface area contributed by atoms with E-state index in [1.165, 1.54) is 24.3 Å². The maximum atomic E-state index is 11.6. The Morgan fingerprint density at radius 3 is 2.69 bits per heavy atom. The number of hydrogen-bond donors (Lipinski definition) is 1. The molecule has 3 fully saturated rings. The molecule has 1 saturated carbocycles. The SMILES string of the molecule is COc1cc(N2CCS(=O)(=O)CC2)ccc1NC1CCC2SCCSC12. The molecule has 0 bridgehead atoms. The van der Waals surface area contributed by atoms with Crippen LogP contribution < -0.4 is 15.0 Å². The number of hydrogen-bond acceptors (Lipinski definition) is 7. The van der Waals surface area contributed by atoms with E-state index in [1.54, 1.807) is 7.11 Å². The van der Waals surface area contributed by atoms with Crippen LogP contribution in [0.5, 0.6) is 5.75 Å². The zero-order valence-electron chi connectivity index (χ0n) is 15.0. The monoisotopic (exact) mass is 414 g/mol. The van der Waals surface area contributed by atoms with Gasteiger partial charge in [0.2, 0.25) is 0 Å². The van der Waals surface area contributed by atoms with Crippen LogP contribution in [-0.2, 0) is 9.84 Å². The average Bonchev–Trinajstić information content (AvgIpc) is 3.05. The fraction of sp³-hybridized carbons (Fsp3) is 0.667. The molecule has 1 aliphatic carbocycles. The highest BCUT2D eigenvalue weighted by Crippen LogP contribution is 2.44. The van der Waals surface area contributed by atoms with E-state index >= 15 is 0 Å². The van der Waals surface area contributed by atoms with E-state index in [4.69, 9.17) is 4.74 Å². The van der Waals surface area contributed by atoms with Gasteiger partial charge in [-0.05, 0) is 25.0 Å². The van der Waals surface area contributed by atoms with E-state index < -0.39 is 9.84 Å². The van der Waals surface area contributed by atoms with Gasteiger partial charge in [0.25, 0.3) is 0 Å². The molecule has 0 radical (unpaired) electrons. The number of nitrogens with zero attached hydrogens (tertiary/aromatic N) is 1. The van der Waals surface area contributed by atoms with Crippen LogP contribution in [0.2, 0.25) is 0 Å². The summed E-state index contributed by atoms with van der Waals surface area (Å²) in [6.07, 6.45) is 2.51. The Morgan fingerprint density at radius 2 is 1.92 bits per heavy atom. The van der Waals surface area contributed by atoms with Crippen molar-refractivity contribution in [1.82, 2.24) is 0 Å². The standard InChI is InChI=1S/C18H26N2O3S3/c1-23-16-12-13(20-6-10-26(21,22)11-7-20)2-3-14(16)19-15-4-5-17-18(15)25-9-8-24-17/h2-3,12,15,17-19H,4-11H2,1H3. The number of rotatable bonds is 4. The highest BCUT2D eigenvalue weighted by atomic mass is 32.2. The molecule has 0 aromatic heterocycles. The third kappa shape index (κ3) is 3.92. The summed E-state index contributed by atoms with van der Waals surface area (Å²) >= 11 is 4.24. The number of benzene rings is 1. The molecule has 26 heavy (non-hydrogen) atoms. The predicted octanol–water partition coefficient (Wildman–Crippen LogP) is 2.72. The first-order valence-electron chi connectivity index (χ1n) is 9.19. The number of ether oxygens (including phenoxy) is 1. The molecular formula is C18H26N2O3S3. The van der Waals surface area contributed by atoms with Crippen LogP contribution in [0.25, 0.3) is 0 Å². The largest absolute Gasteiger partial charge is 0.495 e. The molecule has 3 atom stereocenters. The number of sulfone groups is 1. The first-order valence-corrected chi connectivity index (χ1v) is 13.1. The van der Waals surface area contributed by atoms with Crippen molar-refractivity contribution < 1.29 is 13.2 Å². The smallest absolute Gasteiger partial charge is 0.153 e. The van der Waals surface area contributed by atoms with Crippen molar-refractivity contribution in [3.05, 3.63) is 18.2 Å². The van der Waals surface area contributed by atoms with E-state index in [1.807, 2.05) is 6.07 Å². The summed E-state index contributed by atoms with van der Waals surface area (Å²) in [7, 11) is -1.16. The first-order chi connectivity index (χ1) is 12.6. The van der Waals surface area contributed by atoms with Crippen molar-refractivity contribution in [2.24, 2.45) is 0 Å². The van der Waals surface area contributed by atoms with Crippen LogP contribution in [0, 0.1) is 0 Å². The van der Waals surface area contributed by atoms with Gasteiger partial charge in [0.15, 0.2) is 9.84 Å². The number of methoxy groups -OCH3 is 1. The third-order valence-electron chi connectivity index (χ3n) is 5.49. The molecule has 1 aromatic carbocycles. The van der Waals surface area contributed by atoms with Crippen LogP contribution in [-0.4, -0.2) is 68.2 Å². The van der Waals surface area contributed by atoms with Gasteiger partial charge in [0.05, 0.1) is 24.3 Å². The van der Waals surface area contributed by atoms with Crippen molar-refractivity contribution in [1.29, 1.82) is 0 Å². The minimum Gasteiger partial charge on any atom is -0.495 e. The van der Waals surface area contributed by atoms with Crippen molar-refractivity contribution in [3.8, 4) is 5.75 Å². The van der Waals surface area contributed by atoms with Gasteiger partial charge in [-0.25, -0.2) is 8.42 Å². The molecule has 3 aliphatic rings. The Morgan fingerprint density at radius 1 is 1.15 bits per heavy atom. The molecular weight excluding hydrogens is 388 g/mol. The van der Waals surface area contributed by atoms with Crippen molar-refractivity contribution in [2.75, 3.05) is 53.4 Å². The van der Waals surface area contributed by atoms with Gasteiger partial charge < -0.3 is 15.0 Å².